The van der Waals surface area contributed by atoms with E-state index in [1.165, 1.54) is 64.5 Å². The number of benzene rings is 1. The van der Waals surface area contributed by atoms with E-state index in [9.17, 15) is 23.1 Å². The lowest BCUT2D eigenvalue weighted by Gasteiger charge is -2.21. The van der Waals surface area contributed by atoms with Crippen LogP contribution in [0.5, 0.6) is 11.5 Å². The third-order valence-corrected chi connectivity index (χ3v) is 7.53. The Bertz CT molecular complexity index is 1130. The fourth-order valence-corrected chi connectivity index (χ4v) is 5.32. The van der Waals surface area contributed by atoms with Crippen molar-refractivity contribution in [3.05, 3.63) is 29.9 Å². The number of carbonyl (C=O) groups is 2. The van der Waals surface area contributed by atoms with Crippen LogP contribution in [0.25, 0.3) is 0 Å². The predicted molar refractivity (Wildman–Crippen MR) is 124 cm³/mol. The maximum Gasteiger partial charge on any atom is 0.306 e. The first-order chi connectivity index (χ1) is 16.7. The third kappa shape index (κ3) is 7.17. The number of sulfonamides is 1. The molecule has 3 rings (SSSR count). The number of carboxylic acids is 1. The van der Waals surface area contributed by atoms with Crippen LogP contribution in [-0.2, 0) is 14.8 Å². The Morgan fingerprint density at radius 2 is 1.89 bits per heavy atom. The van der Waals surface area contributed by atoms with Crippen molar-refractivity contribution in [2.75, 3.05) is 14.2 Å². The summed E-state index contributed by atoms with van der Waals surface area (Å²) in [6.45, 7) is 0. The van der Waals surface area contributed by atoms with Gasteiger partial charge in [-0.05, 0) is 24.5 Å². The van der Waals surface area contributed by atoms with E-state index in [-0.39, 0.29) is 23.0 Å². The lowest BCUT2D eigenvalue weighted by atomic mass is 9.84. The highest BCUT2D eigenvalue weighted by atomic mass is 32.2. The molecule has 1 fully saturated rings. The summed E-state index contributed by atoms with van der Waals surface area (Å²) in [6, 6.07) is 3.87. The number of carboxylic acid groups (broad SMARTS) is 1. The summed E-state index contributed by atoms with van der Waals surface area (Å²) in [5, 5.41) is 12.9. The van der Waals surface area contributed by atoms with Gasteiger partial charge in [0.25, 0.3) is 15.8 Å². The number of hydrogen-bond acceptors (Lipinski definition) is 9. The summed E-state index contributed by atoms with van der Waals surface area (Å²) in [6.07, 6.45) is 8.24. The summed E-state index contributed by atoms with van der Waals surface area (Å²) < 4.78 is 42.6. The minimum atomic E-state index is -4.27. The number of carbonyl (C=O) groups excluding carboxylic acids is 1. The molecular formula is C23H31N3O8S. The maximum atomic E-state index is 12.7. The molecule has 11 nitrogen and oxygen atoms in total. The van der Waals surface area contributed by atoms with Gasteiger partial charge in [0, 0.05) is 12.0 Å². The highest BCUT2D eigenvalue weighted by Gasteiger charge is 2.27. The van der Waals surface area contributed by atoms with E-state index >= 15 is 0 Å². The zero-order chi connectivity index (χ0) is 25.4. The number of ether oxygens (including phenoxy) is 2. The first-order valence-corrected chi connectivity index (χ1v) is 13.1. The molecule has 2 N–H and O–H groups in total. The number of hydrogen-bond donors (Lipinski definition) is 2. The molecule has 0 unspecified atom stereocenters. The van der Waals surface area contributed by atoms with Gasteiger partial charge in [0.2, 0.25) is 5.89 Å². The van der Waals surface area contributed by atoms with Crippen LogP contribution < -0.4 is 14.2 Å². The van der Waals surface area contributed by atoms with Gasteiger partial charge in [-0.2, -0.15) is 4.98 Å². The Hall–Kier alpha value is -3.15. The topological polar surface area (TPSA) is 158 Å². The smallest absolute Gasteiger partial charge is 0.306 e. The lowest BCUT2D eigenvalue weighted by molar-refractivity contribution is -0.137. The molecule has 0 aliphatic heterocycles. The summed E-state index contributed by atoms with van der Waals surface area (Å²) in [4.78, 5) is 27.7. The van der Waals surface area contributed by atoms with Gasteiger partial charge in [-0.15, -0.1) is 0 Å². The van der Waals surface area contributed by atoms with Crippen LogP contribution in [-0.4, -0.2) is 49.8 Å². The minimum Gasteiger partial charge on any atom is -0.493 e. The number of amides is 1. The van der Waals surface area contributed by atoms with Crippen LogP contribution in [0.15, 0.2) is 27.6 Å². The van der Waals surface area contributed by atoms with Gasteiger partial charge in [0.15, 0.2) is 11.5 Å². The van der Waals surface area contributed by atoms with Crippen molar-refractivity contribution in [2.24, 2.45) is 5.92 Å². The average Bonchev–Trinajstić information content (AvgIpc) is 3.33. The minimum absolute atomic E-state index is 0.00436. The average molecular weight is 510 g/mol. The molecule has 192 valence electrons. The fraction of sp³-hybridized carbons (Fsp3) is 0.565. The van der Waals surface area contributed by atoms with Gasteiger partial charge in [-0.1, -0.05) is 50.1 Å². The molecule has 1 amide bonds. The Morgan fingerprint density at radius 3 is 2.54 bits per heavy atom. The number of aliphatic carboxylic acids is 1. The third-order valence-electron chi connectivity index (χ3n) is 6.20. The van der Waals surface area contributed by atoms with Gasteiger partial charge in [0.05, 0.1) is 25.5 Å². The van der Waals surface area contributed by atoms with Gasteiger partial charge >= 0.3 is 11.9 Å². The molecule has 1 atom stereocenters. The van der Waals surface area contributed by atoms with E-state index in [1.54, 1.807) is 0 Å². The summed E-state index contributed by atoms with van der Waals surface area (Å²) in [7, 11) is -1.50. The predicted octanol–water partition coefficient (Wildman–Crippen LogP) is 3.51. The van der Waals surface area contributed by atoms with Crippen molar-refractivity contribution >= 4 is 21.9 Å². The van der Waals surface area contributed by atoms with Gasteiger partial charge in [0.1, 0.15) is 0 Å². The number of nitrogens with zero attached hydrogens (tertiary/aromatic N) is 2. The largest absolute Gasteiger partial charge is 0.493 e. The standard InChI is InChI=1S/C23H31N3O8S/c1-32-18-12-11-17(14-19(18)33-2)35(30,31)26-22(29)21-24-23(34-25-21)16(13-20(27)28)10-6-9-15-7-4-3-5-8-15/h11-12,14-16H,3-10,13H2,1-2H3,(H,26,29)(H,27,28)/t16-/m0/s1. The molecule has 1 aromatic heterocycles. The van der Waals surface area contributed by atoms with Gasteiger partial charge in [-0.3, -0.25) is 9.59 Å². The van der Waals surface area contributed by atoms with Crippen molar-refractivity contribution in [1.29, 1.82) is 0 Å². The van der Waals surface area contributed by atoms with E-state index in [0.29, 0.717) is 18.1 Å². The molecule has 35 heavy (non-hydrogen) atoms. The highest BCUT2D eigenvalue weighted by Crippen LogP contribution is 2.31. The SMILES string of the molecule is COc1ccc(S(=O)(=O)NC(=O)c2noc([C@@H](CCCC3CCCCC3)CC(=O)O)n2)cc1OC. The summed E-state index contributed by atoms with van der Waals surface area (Å²) in [5.74, 6) is -2.01. The first-order valence-electron chi connectivity index (χ1n) is 11.6. The number of methoxy groups -OCH3 is 2. The highest BCUT2D eigenvalue weighted by molar-refractivity contribution is 7.90. The Kier molecular flexibility index (Phi) is 9.07. The molecule has 0 radical (unpaired) electrons. The molecule has 0 spiro atoms. The fourth-order valence-electron chi connectivity index (χ4n) is 4.36. The molecule has 2 aromatic rings. The molecular weight excluding hydrogens is 478 g/mol. The zero-order valence-electron chi connectivity index (χ0n) is 19.9. The number of rotatable bonds is 12. The molecule has 12 heteroatoms. The quantitative estimate of drug-likeness (QED) is 0.433. The van der Waals surface area contributed by atoms with Crippen LogP contribution >= 0.6 is 0 Å². The lowest BCUT2D eigenvalue weighted by Crippen LogP contribution is -2.31. The molecule has 1 aliphatic rings. The molecule has 1 heterocycles. The second-order valence-corrected chi connectivity index (χ2v) is 10.3. The van der Waals surface area contributed by atoms with Crippen LogP contribution in [0.4, 0.5) is 0 Å². The Balaban J connectivity index is 1.67. The molecule has 1 aliphatic carbocycles. The van der Waals surface area contributed by atoms with Crippen LogP contribution in [0.2, 0.25) is 0 Å². The molecule has 0 bridgehead atoms. The van der Waals surface area contributed by atoms with Crippen molar-refractivity contribution in [2.45, 2.75) is 68.6 Å². The normalized spacial score (nSPS) is 15.4. The first kappa shape index (κ1) is 26.5. The molecule has 0 saturated heterocycles. The van der Waals surface area contributed by atoms with E-state index in [2.05, 4.69) is 10.1 Å². The monoisotopic (exact) mass is 509 g/mol. The Morgan fingerprint density at radius 1 is 1.17 bits per heavy atom. The number of aromatic nitrogens is 2. The molecule has 1 saturated carbocycles. The molecule has 1 aromatic carbocycles. The maximum absolute atomic E-state index is 12.7. The van der Waals surface area contributed by atoms with E-state index < -0.39 is 33.6 Å². The van der Waals surface area contributed by atoms with Crippen molar-refractivity contribution in [3.63, 3.8) is 0 Å². The van der Waals surface area contributed by atoms with Crippen molar-refractivity contribution in [1.82, 2.24) is 14.9 Å². The van der Waals surface area contributed by atoms with E-state index in [1.807, 2.05) is 4.72 Å². The van der Waals surface area contributed by atoms with Crippen LogP contribution in [0.3, 0.4) is 0 Å². The Labute approximate surface area is 204 Å². The van der Waals surface area contributed by atoms with Crippen LogP contribution in [0.1, 0.15) is 80.2 Å². The second kappa shape index (κ2) is 12.0. The van der Waals surface area contributed by atoms with Crippen LogP contribution in [0, 0.1) is 5.92 Å². The van der Waals surface area contributed by atoms with Gasteiger partial charge < -0.3 is 19.1 Å². The second-order valence-electron chi connectivity index (χ2n) is 8.64. The van der Waals surface area contributed by atoms with Crippen molar-refractivity contribution < 1.29 is 37.1 Å². The van der Waals surface area contributed by atoms with E-state index in [0.717, 1.165) is 12.8 Å². The van der Waals surface area contributed by atoms with Crippen molar-refractivity contribution in [3.8, 4) is 11.5 Å². The number of nitrogens with one attached hydrogen (secondary N) is 1. The van der Waals surface area contributed by atoms with E-state index in [4.69, 9.17) is 14.0 Å². The zero-order valence-corrected chi connectivity index (χ0v) is 20.7. The summed E-state index contributed by atoms with van der Waals surface area (Å²) in [5.41, 5.74) is 0. The summed E-state index contributed by atoms with van der Waals surface area (Å²) >= 11 is 0. The van der Waals surface area contributed by atoms with Gasteiger partial charge in [-0.25, -0.2) is 13.1 Å².